The van der Waals surface area contributed by atoms with E-state index >= 15 is 0 Å². The minimum absolute atomic E-state index is 0.902. The van der Waals surface area contributed by atoms with Crippen LogP contribution in [0.4, 0.5) is 5.95 Å². The van der Waals surface area contributed by atoms with Crippen molar-refractivity contribution in [3.8, 4) is 0 Å². The molecular formula is C10H13N3S. The molecule has 0 radical (unpaired) electrons. The van der Waals surface area contributed by atoms with Crippen molar-refractivity contribution in [1.82, 2.24) is 9.55 Å². The van der Waals surface area contributed by atoms with Crippen molar-refractivity contribution >= 4 is 17.3 Å². The summed E-state index contributed by atoms with van der Waals surface area (Å²) in [4.78, 5) is 5.59. The van der Waals surface area contributed by atoms with E-state index in [0.29, 0.717) is 0 Å². The van der Waals surface area contributed by atoms with Crippen LogP contribution in [-0.2, 0) is 6.54 Å². The van der Waals surface area contributed by atoms with Crippen LogP contribution in [-0.4, -0.2) is 16.6 Å². The average molecular weight is 207 g/mol. The molecule has 2 heterocycles. The van der Waals surface area contributed by atoms with Gasteiger partial charge in [0.25, 0.3) is 0 Å². The van der Waals surface area contributed by atoms with Gasteiger partial charge in [0.1, 0.15) is 0 Å². The van der Waals surface area contributed by atoms with Crippen LogP contribution in [0.5, 0.6) is 0 Å². The molecule has 0 saturated heterocycles. The van der Waals surface area contributed by atoms with Gasteiger partial charge in [-0.25, -0.2) is 4.98 Å². The Morgan fingerprint density at radius 1 is 1.57 bits per heavy atom. The van der Waals surface area contributed by atoms with E-state index in [9.17, 15) is 0 Å². The van der Waals surface area contributed by atoms with Gasteiger partial charge in [-0.1, -0.05) is 0 Å². The molecule has 1 N–H and O–H groups in total. The molecule has 2 rings (SSSR count). The number of hydrogen-bond acceptors (Lipinski definition) is 3. The Labute approximate surface area is 87.4 Å². The minimum atomic E-state index is 0.902. The largest absolute Gasteiger partial charge is 0.359 e. The number of rotatable bonds is 3. The molecule has 2 aromatic rings. The molecule has 0 spiro atoms. The number of aromatic nitrogens is 2. The lowest BCUT2D eigenvalue weighted by atomic mass is 10.3. The Bertz CT molecular complexity index is 416. The summed E-state index contributed by atoms with van der Waals surface area (Å²) in [6.45, 7) is 3.04. The smallest absolute Gasteiger partial charge is 0.202 e. The fourth-order valence-corrected chi connectivity index (χ4v) is 2.29. The van der Waals surface area contributed by atoms with Gasteiger partial charge in [0.05, 0.1) is 6.54 Å². The fraction of sp³-hybridized carbons (Fsp3) is 0.300. The summed E-state index contributed by atoms with van der Waals surface area (Å²) in [7, 11) is 1.89. The molecule has 0 aliphatic carbocycles. The van der Waals surface area contributed by atoms with Gasteiger partial charge in [0, 0.05) is 24.3 Å². The van der Waals surface area contributed by atoms with Crippen molar-refractivity contribution in [2.75, 3.05) is 12.4 Å². The van der Waals surface area contributed by atoms with Gasteiger partial charge >= 0.3 is 0 Å². The zero-order valence-corrected chi connectivity index (χ0v) is 9.14. The summed E-state index contributed by atoms with van der Waals surface area (Å²) in [5.41, 5.74) is 1.35. The Hall–Kier alpha value is -1.29. The highest BCUT2D eigenvalue weighted by Gasteiger charge is 2.04. The van der Waals surface area contributed by atoms with Gasteiger partial charge in [-0.15, -0.1) is 11.3 Å². The van der Waals surface area contributed by atoms with Crippen molar-refractivity contribution < 1.29 is 0 Å². The van der Waals surface area contributed by atoms with E-state index in [0.717, 1.165) is 12.5 Å². The lowest BCUT2D eigenvalue weighted by Crippen LogP contribution is -2.03. The van der Waals surface area contributed by atoms with Crippen LogP contribution in [0, 0.1) is 6.92 Å². The average Bonchev–Trinajstić information content (AvgIpc) is 2.77. The molecule has 0 unspecified atom stereocenters. The number of nitrogens with zero attached hydrogens (tertiary/aromatic N) is 2. The van der Waals surface area contributed by atoms with E-state index in [1.165, 1.54) is 10.4 Å². The summed E-state index contributed by atoms with van der Waals surface area (Å²) in [6, 6.07) is 2.15. The summed E-state index contributed by atoms with van der Waals surface area (Å²) < 4.78 is 2.11. The van der Waals surface area contributed by atoms with Gasteiger partial charge in [-0.05, 0) is 23.9 Å². The zero-order valence-electron chi connectivity index (χ0n) is 8.32. The van der Waals surface area contributed by atoms with Gasteiger partial charge in [0.2, 0.25) is 5.95 Å². The van der Waals surface area contributed by atoms with E-state index in [1.807, 2.05) is 19.4 Å². The van der Waals surface area contributed by atoms with Crippen molar-refractivity contribution in [2.45, 2.75) is 13.5 Å². The number of hydrogen-bond donors (Lipinski definition) is 1. The maximum Gasteiger partial charge on any atom is 0.202 e. The molecule has 14 heavy (non-hydrogen) atoms. The number of imidazole rings is 1. The minimum Gasteiger partial charge on any atom is -0.359 e. The SMILES string of the molecule is CNc1nccn1Cc1sccc1C. The van der Waals surface area contributed by atoms with Gasteiger partial charge in [0.15, 0.2) is 0 Å². The highest BCUT2D eigenvalue weighted by Crippen LogP contribution is 2.18. The molecule has 0 aliphatic heterocycles. The molecule has 74 valence electrons. The first-order valence-electron chi connectivity index (χ1n) is 4.53. The lowest BCUT2D eigenvalue weighted by Gasteiger charge is -2.05. The molecule has 0 bridgehead atoms. The van der Waals surface area contributed by atoms with Gasteiger partial charge in [-0.3, -0.25) is 0 Å². The first kappa shape index (κ1) is 9.27. The maximum atomic E-state index is 4.20. The number of nitrogens with one attached hydrogen (secondary N) is 1. The van der Waals surface area contributed by atoms with E-state index < -0.39 is 0 Å². The van der Waals surface area contributed by atoms with Crippen LogP contribution >= 0.6 is 11.3 Å². The monoisotopic (exact) mass is 207 g/mol. The number of thiophene rings is 1. The van der Waals surface area contributed by atoms with Crippen molar-refractivity contribution in [1.29, 1.82) is 0 Å². The third-order valence-corrected chi connectivity index (χ3v) is 3.23. The van der Waals surface area contributed by atoms with Crippen molar-refractivity contribution in [3.63, 3.8) is 0 Å². The number of aryl methyl sites for hydroxylation is 1. The Morgan fingerprint density at radius 2 is 2.43 bits per heavy atom. The molecule has 0 atom stereocenters. The molecule has 0 aromatic carbocycles. The molecule has 2 aromatic heterocycles. The maximum absolute atomic E-state index is 4.20. The first-order valence-corrected chi connectivity index (χ1v) is 5.41. The van der Waals surface area contributed by atoms with Crippen LogP contribution in [0.15, 0.2) is 23.8 Å². The summed E-state index contributed by atoms with van der Waals surface area (Å²) >= 11 is 1.79. The van der Waals surface area contributed by atoms with Gasteiger partial charge < -0.3 is 9.88 Å². The molecule has 4 heteroatoms. The van der Waals surface area contributed by atoms with Gasteiger partial charge in [-0.2, -0.15) is 0 Å². The second-order valence-electron chi connectivity index (χ2n) is 3.16. The summed E-state index contributed by atoms with van der Waals surface area (Å²) in [6.07, 6.45) is 3.81. The summed E-state index contributed by atoms with van der Waals surface area (Å²) in [5, 5.41) is 5.19. The Kier molecular flexibility index (Phi) is 2.54. The van der Waals surface area contributed by atoms with Crippen LogP contribution in [0.25, 0.3) is 0 Å². The quantitative estimate of drug-likeness (QED) is 0.837. The Morgan fingerprint density at radius 3 is 3.07 bits per heavy atom. The standard InChI is InChI=1S/C10H13N3S/c1-8-3-6-14-9(8)7-13-5-4-12-10(13)11-2/h3-6H,7H2,1-2H3,(H,11,12). The lowest BCUT2D eigenvalue weighted by molar-refractivity contribution is 0.813. The predicted octanol–water partition coefficient (Wildman–Crippen LogP) is 2.34. The van der Waals surface area contributed by atoms with Crippen LogP contribution in [0.1, 0.15) is 10.4 Å². The third kappa shape index (κ3) is 1.65. The van der Waals surface area contributed by atoms with E-state index in [-0.39, 0.29) is 0 Å². The first-order chi connectivity index (χ1) is 6.81. The molecular weight excluding hydrogens is 194 g/mol. The summed E-state index contributed by atoms with van der Waals surface area (Å²) in [5.74, 6) is 0.915. The molecule has 0 aliphatic rings. The second-order valence-corrected chi connectivity index (χ2v) is 4.16. The van der Waals surface area contributed by atoms with E-state index in [4.69, 9.17) is 0 Å². The Balaban J connectivity index is 2.22. The third-order valence-electron chi connectivity index (χ3n) is 2.22. The fourth-order valence-electron chi connectivity index (χ4n) is 1.39. The molecule has 0 amide bonds. The molecule has 0 saturated carbocycles. The predicted molar refractivity (Wildman–Crippen MR) is 59.9 cm³/mol. The van der Waals surface area contributed by atoms with E-state index in [2.05, 4.69) is 33.2 Å². The second kappa shape index (κ2) is 3.84. The van der Waals surface area contributed by atoms with Crippen LogP contribution in [0.2, 0.25) is 0 Å². The van der Waals surface area contributed by atoms with Crippen LogP contribution in [0.3, 0.4) is 0 Å². The van der Waals surface area contributed by atoms with Crippen molar-refractivity contribution in [3.05, 3.63) is 34.3 Å². The zero-order chi connectivity index (χ0) is 9.97. The van der Waals surface area contributed by atoms with Crippen LogP contribution < -0.4 is 5.32 Å². The van der Waals surface area contributed by atoms with E-state index in [1.54, 1.807) is 11.3 Å². The normalized spacial score (nSPS) is 10.4. The molecule has 3 nitrogen and oxygen atoms in total. The van der Waals surface area contributed by atoms with Crippen molar-refractivity contribution in [2.24, 2.45) is 0 Å². The number of anilines is 1. The molecule has 0 fully saturated rings. The highest BCUT2D eigenvalue weighted by molar-refractivity contribution is 7.10. The topological polar surface area (TPSA) is 29.9 Å². The highest BCUT2D eigenvalue weighted by atomic mass is 32.1.